The van der Waals surface area contributed by atoms with Crippen molar-refractivity contribution in [1.82, 2.24) is 4.57 Å². The third-order valence-electron chi connectivity index (χ3n) is 13.1. The van der Waals surface area contributed by atoms with Crippen LogP contribution in [-0.2, 0) is 0 Å². The molecule has 11 aromatic rings. The Balaban J connectivity index is 1.07. The maximum absolute atomic E-state index is 2.50. The summed E-state index contributed by atoms with van der Waals surface area (Å²) in [5.41, 5.74) is 22.2. The van der Waals surface area contributed by atoms with E-state index in [1.165, 1.54) is 66.3 Å². The molecule has 10 aromatic carbocycles. The zero-order chi connectivity index (χ0) is 45.4. The molecule has 0 atom stereocenters. The summed E-state index contributed by atoms with van der Waals surface area (Å²) in [6.45, 7) is 8.55. The van der Waals surface area contributed by atoms with Gasteiger partial charge in [-0.3, -0.25) is 0 Å². The Morgan fingerprint density at radius 1 is 0.254 bits per heavy atom. The first-order valence-electron chi connectivity index (χ1n) is 23.2. The molecule has 11 rings (SSSR count). The molecule has 1 heterocycles. The van der Waals surface area contributed by atoms with Crippen LogP contribution in [0.15, 0.2) is 237 Å². The van der Waals surface area contributed by atoms with Crippen molar-refractivity contribution in [3.05, 3.63) is 259 Å². The first kappa shape index (κ1) is 41.3. The van der Waals surface area contributed by atoms with Crippen LogP contribution in [-0.4, -0.2) is 4.57 Å². The molecule has 0 unspecified atom stereocenters. The summed E-state index contributed by atoms with van der Waals surface area (Å²) in [7, 11) is 0. The smallest absolute Gasteiger partial charge is 0.0619 e. The Bertz CT molecular complexity index is 3190. The fourth-order valence-corrected chi connectivity index (χ4v) is 9.52. The van der Waals surface area contributed by atoms with E-state index in [4.69, 9.17) is 0 Å². The molecule has 3 nitrogen and oxygen atoms in total. The van der Waals surface area contributed by atoms with Crippen LogP contribution in [0.3, 0.4) is 0 Å². The second-order valence-corrected chi connectivity index (χ2v) is 17.8. The van der Waals surface area contributed by atoms with Crippen LogP contribution in [0, 0.1) is 27.7 Å². The first-order chi connectivity index (χ1) is 32.9. The van der Waals surface area contributed by atoms with Crippen LogP contribution in [0.5, 0.6) is 0 Å². The van der Waals surface area contributed by atoms with Gasteiger partial charge >= 0.3 is 0 Å². The Kier molecular flexibility index (Phi) is 10.8. The van der Waals surface area contributed by atoms with E-state index in [1.807, 2.05) is 0 Å². The normalized spacial score (nSPS) is 11.3. The van der Waals surface area contributed by atoms with E-state index >= 15 is 0 Å². The van der Waals surface area contributed by atoms with Crippen molar-refractivity contribution < 1.29 is 0 Å². The van der Waals surface area contributed by atoms with Crippen LogP contribution >= 0.6 is 0 Å². The highest BCUT2D eigenvalue weighted by Gasteiger charge is 2.21. The molecule has 0 aliphatic heterocycles. The average molecular weight is 862 g/mol. The topological polar surface area (TPSA) is 11.4 Å². The molecule has 322 valence electrons. The number of hydrogen-bond acceptors (Lipinski definition) is 2. The van der Waals surface area contributed by atoms with Crippen molar-refractivity contribution in [2.45, 2.75) is 27.7 Å². The molecule has 1 aromatic heterocycles. The molecule has 0 bridgehead atoms. The number of fused-ring (bicyclic) bond motifs is 3. The summed E-state index contributed by atoms with van der Waals surface area (Å²) < 4.78 is 2.50. The van der Waals surface area contributed by atoms with Crippen LogP contribution in [0.2, 0.25) is 0 Å². The number of para-hydroxylation sites is 2. The van der Waals surface area contributed by atoms with Crippen molar-refractivity contribution in [3.63, 3.8) is 0 Å². The summed E-state index contributed by atoms with van der Waals surface area (Å²) in [6, 6.07) is 86.6. The van der Waals surface area contributed by atoms with Gasteiger partial charge in [-0.05, 0) is 135 Å². The molecule has 0 N–H and O–H groups in total. The minimum absolute atomic E-state index is 1.11. The molecular formula is C64H51N3. The number of hydrogen-bond donors (Lipinski definition) is 0. The fourth-order valence-electron chi connectivity index (χ4n) is 9.52. The average Bonchev–Trinajstić information content (AvgIpc) is 3.72. The zero-order valence-corrected chi connectivity index (χ0v) is 38.4. The Hall–Kier alpha value is -8.40. The maximum Gasteiger partial charge on any atom is 0.0619 e. The number of nitrogens with zero attached hydrogens (tertiary/aromatic N) is 3. The fraction of sp³-hybridized carbons (Fsp3) is 0.0625. The summed E-state index contributed by atoms with van der Waals surface area (Å²) >= 11 is 0. The largest absolute Gasteiger partial charge is 0.311 e. The summed E-state index contributed by atoms with van der Waals surface area (Å²) in [6.07, 6.45) is 0. The molecule has 0 fully saturated rings. The maximum atomic E-state index is 2.50. The van der Waals surface area contributed by atoms with Crippen molar-refractivity contribution in [2.24, 2.45) is 0 Å². The molecular weight excluding hydrogens is 811 g/mol. The zero-order valence-electron chi connectivity index (χ0n) is 38.4. The highest BCUT2D eigenvalue weighted by atomic mass is 15.1. The van der Waals surface area contributed by atoms with E-state index in [0.717, 1.165) is 50.9 Å². The lowest BCUT2D eigenvalue weighted by Gasteiger charge is -2.26. The quantitative estimate of drug-likeness (QED) is 0.136. The number of aromatic nitrogens is 1. The van der Waals surface area contributed by atoms with E-state index in [9.17, 15) is 0 Å². The van der Waals surface area contributed by atoms with E-state index in [1.54, 1.807) is 0 Å². The molecule has 0 saturated heterocycles. The summed E-state index contributed by atoms with van der Waals surface area (Å²) in [5, 5.41) is 2.43. The minimum atomic E-state index is 1.11. The number of aryl methyl sites for hydroxylation is 4. The van der Waals surface area contributed by atoms with Gasteiger partial charge in [-0.25, -0.2) is 0 Å². The third-order valence-corrected chi connectivity index (χ3v) is 13.1. The predicted molar refractivity (Wildman–Crippen MR) is 285 cm³/mol. The van der Waals surface area contributed by atoms with Gasteiger partial charge in [-0.2, -0.15) is 0 Å². The van der Waals surface area contributed by atoms with Gasteiger partial charge < -0.3 is 14.4 Å². The first-order valence-corrected chi connectivity index (χ1v) is 23.2. The SMILES string of the molecule is Cc1ccc(N(c2ccc(C)cc2)c2ccc(-c3cccc4c5cccc(-c6ccc(N(c7ccc(C)cc7)c7ccc(C)cc7)cc6)c5n(-c5ccc(-c6ccccc6)cc5)c34)cc2)cc1. The Morgan fingerprint density at radius 2 is 0.552 bits per heavy atom. The van der Waals surface area contributed by atoms with Crippen LogP contribution in [0.25, 0.3) is 60.9 Å². The van der Waals surface area contributed by atoms with E-state index in [0.29, 0.717) is 0 Å². The van der Waals surface area contributed by atoms with Crippen LogP contribution in [0.4, 0.5) is 34.1 Å². The van der Waals surface area contributed by atoms with Crippen molar-refractivity contribution in [3.8, 4) is 39.1 Å². The lowest BCUT2D eigenvalue weighted by Crippen LogP contribution is -2.09. The highest BCUT2D eigenvalue weighted by molar-refractivity contribution is 6.17. The Labute approximate surface area is 394 Å². The lowest BCUT2D eigenvalue weighted by molar-refractivity contribution is 1.18. The second kappa shape index (κ2) is 17.5. The van der Waals surface area contributed by atoms with E-state index < -0.39 is 0 Å². The second-order valence-electron chi connectivity index (χ2n) is 17.8. The summed E-state index contributed by atoms with van der Waals surface area (Å²) in [4.78, 5) is 4.68. The monoisotopic (exact) mass is 861 g/mol. The number of benzene rings is 10. The molecule has 3 heteroatoms. The molecule has 0 amide bonds. The van der Waals surface area contributed by atoms with Crippen molar-refractivity contribution >= 4 is 55.9 Å². The number of rotatable bonds is 10. The van der Waals surface area contributed by atoms with Gasteiger partial charge in [0.05, 0.1) is 11.0 Å². The molecule has 0 radical (unpaired) electrons. The third kappa shape index (κ3) is 7.96. The molecule has 0 aliphatic carbocycles. The van der Waals surface area contributed by atoms with Gasteiger partial charge in [0, 0.05) is 61.7 Å². The van der Waals surface area contributed by atoms with Gasteiger partial charge in [0.25, 0.3) is 0 Å². The standard InChI is InChI=1S/C64H51N3/c1-44-16-30-52(31-17-44)65(53-32-18-45(2)19-33-53)56-40-26-50(27-41-56)59-12-8-14-61-62-15-9-13-60(64(62)67(63(59)61)58-38-24-49(25-39-58)48-10-6-5-7-11-48)51-28-42-57(43-29-51)66(54-34-20-46(3)21-35-54)55-36-22-47(4)23-37-55/h5-43H,1-4H3. The van der Waals surface area contributed by atoms with Gasteiger partial charge in [-0.1, -0.05) is 174 Å². The molecule has 0 saturated carbocycles. The van der Waals surface area contributed by atoms with Gasteiger partial charge in [0.15, 0.2) is 0 Å². The van der Waals surface area contributed by atoms with Crippen LogP contribution in [0.1, 0.15) is 22.3 Å². The van der Waals surface area contributed by atoms with Crippen molar-refractivity contribution in [1.29, 1.82) is 0 Å². The summed E-state index contributed by atoms with van der Waals surface area (Å²) in [5.74, 6) is 0. The number of anilines is 6. The predicted octanol–water partition coefficient (Wildman–Crippen LogP) is 18.0. The van der Waals surface area contributed by atoms with Gasteiger partial charge in [-0.15, -0.1) is 0 Å². The van der Waals surface area contributed by atoms with Gasteiger partial charge in [0.2, 0.25) is 0 Å². The van der Waals surface area contributed by atoms with Gasteiger partial charge in [0.1, 0.15) is 0 Å². The molecule has 0 spiro atoms. The minimum Gasteiger partial charge on any atom is -0.311 e. The lowest BCUT2D eigenvalue weighted by atomic mass is 9.99. The molecule has 0 aliphatic rings. The molecule has 67 heavy (non-hydrogen) atoms. The van der Waals surface area contributed by atoms with Crippen LogP contribution < -0.4 is 9.80 Å². The van der Waals surface area contributed by atoms with Crippen molar-refractivity contribution in [2.75, 3.05) is 9.80 Å². The highest BCUT2D eigenvalue weighted by Crippen LogP contribution is 2.44. The Morgan fingerprint density at radius 3 is 0.896 bits per heavy atom. The van der Waals surface area contributed by atoms with E-state index in [-0.39, 0.29) is 0 Å². The van der Waals surface area contributed by atoms with E-state index in [2.05, 4.69) is 279 Å².